The summed E-state index contributed by atoms with van der Waals surface area (Å²) in [5.74, 6) is -0.541. The molecule has 2 N–H and O–H groups in total. The number of carbonyl (C=O) groups excluding carboxylic acids is 2. The van der Waals surface area contributed by atoms with E-state index in [4.69, 9.17) is 4.42 Å². The maximum atomic E-state index is 12.1. The second-order valence-electron chi connectivity index (χ2n) is 5.52. The van der Waals surface area contributed by atoms with Gasteiger partial charge in [0.05, 0.1) is 18.1 Å². The average molecular weight is 338 g/mol. The molecule has 0 bridgehead atoms. The summed E-state index contributed by atoms with van der Waals surface area (Å²) in [5, 5.41) is 9.63. The van der Waals surface area contributed by atoms with Gasteiger partial charge < -0.3 is 15.1 Å². The van der Waals surface area contributed by atoms with E-state index in [1.54, 1.807) is 23.9 Å². The molecule has 0 fully saturated rings. The molecule has 0 spiro atoms. The van der Waals surface area contributed by atoms with Crippen LogP contribution in [-0.4, -0.2) is 27.6 Å². The first-order chi connectivity index (χ1) is 12.1. The molecule has 128 valence electrons. The van der Waals surface area contributed by atoms with Gasteiger partial charge in [0.2, 0.25) is 5.91 Å². The van der Waals surface area contributed by atoms with Crippen molar-refractivity contribution in [2.24, 2.45) is 0 Å². The van der Waals surface area contributed by atoms with Crippen molar-refractivity contribution in [3.05, 3.63) is 72.4 Å². The van der Waals surface area contributed by atoms with Crippen LogP contribution in [0.25, 0.3) is 5.69 Å². The van der Waals surface area contributed by atoms with Gasteiger partial charge in [0.25, 0.3) is 5.91 Å². The number of carbonyl (C=O) groups is 2. The number of nitrogens with one attached hydrogen (secondary N) is 2. The van der Waals surface area contributed by atoms with Gasteiger partial charge in [-0.15, -0.1) is 0 Å². The molecule has 0 radical (unpaired) electrons. The Bertz CT molecular complexity index is 840. The lowest BCUT2D eigenvalue weighted by Crippen LogP contribution is -2.44. The molecule has 0 aliphatic rings. The maximum Gasteiger partial charge on any atom is 0.287 e. The van der Waals surface area contributed by atoms with Gasteiger partial charge in [-0.2, -0.15) is 5.10 Å². The van der Waals surface area contributed by atoms with Gasteiger partial charge in [0.1, 0.15) is 6.04 Å². The largest absolute Gasteiger partial charge is 0.459 e. The second kappa shape index (κ2) is 7.48. The van der Waals surface area contributed by atoms with E-state index in [0.29, 0.717) is 6.54 Å². The number of hydrogen-bond donors (Lipinski definition) is 2. The predicted octanol–water partition coefficient (Wildman–Crippen LogP) is 1.90. The molecule has 0 aliphatic carbocycles. The fraction of sp³-hybridized carbons (Fsp3) is 0.167. The van der Waals surface area contributed by atoms with Crippen molar-refractivity contribution in [3.8, 4) is 5.69 Å². The highest BCUT2D eigenvalue weighted by Crippen LogP contribution is 2.07. The van der Waals surface area contributed by atoms with E-state index in [9.17, 15) is 9.59 Å². The molecule has 7 nitrogen and oxygen atoms in total. The van der Waals surface area contributed by atoms with E-state index in [1.807, 2.05) is 36.5 Å². The summed E-state index contributed by atoms with van der Waals surface area (Å²) in [6.45, 7) is 1.94. The number of hydrogen-bond acceptors (Lipinski definition) is 4. The van der Waals surface area contributed by atoms with Gasteiger partial charge >= 0.3 is 0 Å². The summed E-state index contributed by atoms with van der Waals surface area (Å²) >= 11 is 0. The van der Waals surface area contributed by atoms with Crippen LogP contribution in [0.5, 0.6) is 0 Å². The Morgan fingerprint density at radius 3 is 2.72 bits per heavy atom. The van der Waals surface area contributed by atoms with Crippen molar-refractivity contribution in [3.63, 3.8) is 0 Å². The highest BCUT2D eigenvalue weighted by Gasteiger charge is 2.17. The molecule has 3 aromatic rings. The molecular formula is C18H18N4O3. The molecule has 7 heteroatoms. The topological polar surface area (TPSA) is 89.2 Å². The normalized spacial score (nSPS) is 11.7. The van der Waals surface area contributed by atoms with Crippen LogP contribution in [0.3, 0.4) is 0 Å². The first-order valence-electron chi connectivity index (χ1n) is 7.84. The summed E-state index contributed by atoms with van der Waals surface area (Å²) in [7, 11) is 0. The van der Waals surface area contributed by atoms with Crippen LogP contribution in [0.2, 0.25) is 0 Å². The van der Waals surface area contributed by atoms with Crippen LogP contribution in [0, 0.1) is 0 Å². The number of nitrogens with zero attached hydrogens (tertiary/aromatic N) is 2. The number of aromatic nitrogens is 2. The SMILES string of the molecule is CC(NC(=O)c1ccco1)C(=O)NCc1cnn(-c2ccccc2)c1. The molecule has 1 atom stereocenters. The zero-order chi connectivity index (χ0) is 17.6. The van der Waals surface area contributed by atoms with E-state index in [2.05, 4.69) is 15.7 Å². The van der Waals surface area contributed by atoms with E-state index < -0.39 is 11.9 Å². The highest BCUT2D eigenvalue weighted by molar-refractivity contribution is 5.95. The quantitative estimate of drug-likeness (QED) is 0.718. The zero-order valence-corrected chi connectivity index (χ0v) is 13.7. The van der Waals surface area contributed by atoms with E-state index in [0.717, 1.165) is 11.3 Å². The van der Waals surface area contributed by atoms with Crippen LogP contribution in [0.1, 0.15) is 23.0 Å². The number of benzene rings is 1. The Balaban J connectivity index is 1.52. The average Bonchev–Trinajstić information content (AvgIpc) is 3.32. The Morgan fingerprint density at radius 2 is 2.00 bits per heavy atom. The lowest BCUT2D eigenvalue weighted by Gasteiger charge is -2.12. The molecule has 25 heavy (non-hydrogen) atoms. The van der Waals surface area contributed by atoms with Gasteiger partial charge in [-0.25, -0.2) is 4.68 Å². The number of para-hydroxylation sites is 1. The Hall–Kier alpha value is -3.35. The van der Waals surface area contributed by atoms with Crippen molar-refractivity contribution in [1.29, 1.82) is 0 Å². The molecule has 0 saturated heterocycles. The third-order valence-electron chi connectivity index (χ3n) is 3.61. The monoisotopic (exact) mass is 338 g/mol. The highest BCUT2D eigenvalue weighted by atomic mass is 16.3. The van der Waals surface area contributed by atoms with Crippen molar-refractivity contribution in [2.75, 3.05) is 0 Å². The van der Waals surface area contributed by atoms with Crippen LogP contribution >= 0.6 is 0 Å². The predicted molar refractivity (Wildman–Crippen MR) is 91.0 cm³/mol. The van der Waals surface area contributed by atoms with E-state index in [-0.39, 0.29) is 11.7 Å². The van der Waals surface area contributed by atoms with Gasteiger partial charge in [0.15, 0.2) is 5.76 Å². The van der Waals surface area contributed by atoms with Crippen molar-refractivity contribution < 1.29 is 14.0 Å². The molecule has 1 unspecified atom stereocenters. The summed E-state index contributed by atoms with van der Waals surface area (Å²) in [6, 6.07) is 12.2. The summed E-state index contributed by atoms with van der Waals surface area (Å²) in [6.07, 6.45) is 4.95. The minimum absolute atomic E-state index is 0.170. The minimum Gasteiger partial charge on any atom is -0.459 e. The van der Waals surface area contributed by atoms with Crippen LogP contribution in [0.15, 0.2) is 65.5 Å². The maximum absolute atomic E-state index is 12.1. The molecule has 1 aromatic carbocycles. The summed E-state index contributed by atoms with van der Waals surface area (Å²) in [4.78, 5) is 24.0. The third-order valence-corrected chi connectivity index (χ3v) is 3.61. The molecular weight excluding hydrogens is 320 g/mol. The lowest BCUT2D eigenvalue weighted by atomic mass is 10.2. The number of amides is 2. The lowest BCUT2D eigenvalue weighted by molar-refractivity contribution is -0.122. The van der Waals surface area contributed by atoms with Crippen molar-refractivity contribution in [1.82, 2.24) is 20.4 Å². The second-order valence-corrected chi connectivity index (χ2v) is 5.52. The first kappa shape index (κ1) is 16.5. The van der Waals surface area contributed by atoms with Gasteiger partial charge in [-0.05, 0) is 31.2 Å². The summed E-state index contributed by atoms with van der Waals surface area (Å²) in [5.41, 5.74) is 1.81. The molecule has 0 saturated carbocycles. The van der Waals surface area contributed by atoms with Crippen LogP contribution in [-0.2, 0) is 11.3 Å². The Labute approximate surface area is 144 Å². The third kappa shape index (κ3) is 4.14. The molecule has 0 aliphatic heterocycles. The van der Waals surface area contributed by atoms with Crippen LogP contribution < -0.4 is 10.6 Å². The Kier molecular flexibility index (Phi) is 4.94. The smallest absolute Gasteiger partial charge is 0.287 e. The van der Waals surface area contributed by atoms with E-state index >= 15 is 0 Å². The van der Waals surface area contributed by atoms with Gasteiger partial charge in [-0.1, -0.05) is 18.2 Å². The molecule has 3 rings (SSSR count). The number of furan rings is 1. The standard InChI is InChI=1S/C18H18N4O3/c1-13(21-18(24)16-8-5-9-25-16)17(23)19-10-14-11-20-22(12-14)15-6-3-2-4-7-15/h2-9,11-13H,10H2,1H3,(H,19,23)(H,21,24). The molecule has 2 aromatic heterocycles. The Morgan fingerprint density at radius 1 is 1.20 bits per heavy atom. The summed E-state index contributed by atoms with van der Waals surface area (Å²) < 4.78 is 6.73. The van der Waals surface area contributed by atoms with Crippen LogP contribution in [0.4, 0.5) is 0 Å². The first-order valence-corrected chi connectivity index (χ1v) is 7.84. The number of rotatable bonds is 6. The van der Waals surface area contributed by atoms with Gasteiger partial charge in [0, 0.05) is 18.3 Å². The zero-order valence-electron chi connectivity index (χ0n) is 13.7. The van der Waals surface area contributed by atoms with E-state index in [1.165, 1.54) is 12.3 Å². The fourth-order valence-electron chi connectivity index (χ4n) is 2.26. The molecule has 2 amide bonds. The van der Waals surface area contributed by atoms with Crippen molar-refractivity contribution in [2.45, 2.75) is 19.5 Å². The fourth-order valence-corrected chi connectivity index (χ4v) is 2.26. The van der Waals surface area contributed by atoms with Crippen molar-refractivity contribution >= 4 is 11.8 Å². The molecule has 2 heterocycles. The van der Waals surface area contributed by atoms with Gasteiger partial charge in [-0.3, -0.25) is 9.59 Å². The minimum atomic E-state index is -0.679.